The molecule has 1 saturated heterocycles. The van der Waals surface area contributed by atoms with E-state index in [9.17, 15) is 26.4 Å². The number of amides is 1. The molecule has 2 heterocycles. The second-order valence-electron chi connectivity index (χ2n) is 11.9. The van der Waals surface area contributed by atoms with Gasteiger partial charge in [-0.25, -0.2) is 8.42 Å². The van der Waals surface area contributed by atoms with Gasteiger partial charge >= 0.3 is 6.18 Å². The Labute approximate surface area is 238 Å². The Morgan fingerprint density at radius 2 is 1.71 bits per heavy atom. The molecule has 2 aromatic carbocycles. The second-order valence-corrected chi connectivity index (χ2v) is 13.8. The number of nitrogens with zero attached hydrogens (tertiary/aromatic N) is 2. The van der Waals surface area contributed by atoms with Crippen LogP contribution in [0.25, 0.3) is 0 Å². The highest BCUT2D eigenvalue weighted by atomic mass is 32.2. The minimum absolute atomic E-state index is 0.0692. The molecule has 2 aromatic rings. The van der Waals surface area contributed by atoms with Crippen molar-refractivity contribution < 1.29 is 31.5 Å². The number of halogens is 3. The molecule has 3 N–H and O–H groups in total. The van der Waals surface area contributed by atoms with Crippen molar-refractivity contribution in [3.05, 3.63) is 47.5 Å². The molecule has 2 saturated carbocycles. The molecule has 2 unspecified atom stereocenters. The van der Waals surface area contributed by atoms with Crippen molar-refractivity contribution in [1.29, 1.82) is 0 Å². The molecule has 1 amide bonds. The van der Waals surface area contributed by atoms with Crippen LogP contribution in [0.1, 0.15) is 66.8 Å². The highest BCUT2D eigenvalue weighted by Crippen LogP contribution is 2.54. The minimum atomic E-state index is -4.34. The summed E-state index contributed by atoms with van der Waals surface area (Å²) >= 11 is 0. The lowest BCUT2D eigenvalue weighted by Crippen LogP contribution is -2.39. The van der Waals surface area contributed by atoms with Gasteiger partial charge in [0.15, 0.2) is 0 Å². The summed E-state index contributed by atoms with van der Waals surface area (Å²) in [4.78, 5) is 17.2. The van der Waals surface area contributed by atoms with Crippen LogP contribution < -0.4 is 19.8 Å². The largest absolute Gasteiger partial charge is 0.405 e. The number of carbonyl (C=O) groups excluding carboxylic acids is 1. The number of piperidine rings is 1. The van der Waals surface area contributed by atoms with E-state index < -0.39 is 41.0 Å². The summed E-state index contributed by atoms with van der Waals surface area (Å²) in [6, 6.07) is 9.77. The van der Waals surface area contributed by atoms with E-state index in [4.69, 9.17) is 5.11 Å². The highest BCUT2D eigenvalue weighted by molar-refractivity contribution is 7.92. The smallest absolute Gasteiger partial charge is 0.395 e. The van der Waals surface area contributed by atoms with E-state index in [1.807, 2.05) is 6.07 Å². The number of anilines is 4. The maximum Gasteiger partial charge on any atom is 0.405 e. The number of rotatable bonds is 8. The summed E-state index contributed by atoms with van der Waals surface area (Å²) in [7, 11) is -3.76. The van der Waals surface area contributed by atoms with Gasteiger partial charge < -0.3 is 20.2 Å². The third-order valence-corrected chi connectivity index (χ3v) is 10.5. The SMILES string of the molecule is O=C(Nc1ccc2c(c1)N(CC(F)(F)F)C1CCCC21)c1ccc(NS(=O)(=O)CCO)cc1N1CCC2(CC1)CC2. The number of hydrogen-bond acceptors (Lipinski definition) is 6. The van der Waals surface area contributed by atoms with Crippen LogP contribution in [0.2, 0.25) is 0 Å². The molecule has 2 aliphatic carbocycles. The maximum absolute atomic E-state index is 13.6. The predicted octanol–water partition coefficient (Wildman–Crippen LogP) is 5.07. The Morgan fingerprint density at radius 3 is 2.39 bits per heavy atom. The van der Waals surface area contributed by atoms with Gasteiger partial charge in [-0.1, -0.05) is 12.5 Å². The number of carbonyl (C=O) groups is 1. The van der Waals surface area contributed by atoms with Crippen molar-refractivity contribution in [3.8, 4) is 0 Å². The molecule has 0 aromatic heterocycles. The quantitative estimate of drug-likeness (QED) is 0.396. The Balaban J connectivity index is 1.27. The first kappa shape index (κ1) is 28.1. The van der Waals surface area contributed by atoms with Gasteiger partial charge in [-0.3, -0.25) is 9.52 Å². The first-order chi connectivity index (χ1) is 19.5. The topological polar surface area (TPSA) is 102 Å². The fraction of sp³-hybridized carbons (Fsp3) is 0.552. The van der Waals surface area contributed by atoms with E-state index in [1.165, 1.54) is 23.8 Å². The molecule has 8 nitrogen and oxygen atoms in total. The van der Waals surface area contributed by atoms with E-state index in [2.05, 4.69) is 14.9 Å². The molecule has 41 heavy (non-hydrogen) atoms. The molecule has 4 aliphatic rings. The summed E-state index contributed by atoms with van der Waals surface area (Å²) in [5.74, 6) is -0.793. The lowest BCUT2D eigenvalue weighted by Gasteiger charge is -2.35. The highest BCUT2D eigenvalue weighted by Gasteiger charge is 2.46. The fourth-order valence-corrected chi connectivity index (χ4v) is 7.76. The van der Waals surface area contributed by atoms with Gasteiger partial charge in [0.05, 0.1) is 29.3 Å². The third-order valence-electron chi connectivity index (χ3n) is 9.22. The monoisotopic (exact) mass is 592 g/mol. The second kappa shape index (κ2) is 10.4. The molecule has 222 valence electrons. The number of alkyl halides is 3. The molecule has 1 spiro atoms. The van der Waals surface area contributed by atoms with Crippen molar-refractivity contribution in [1.82, 2.24) is 0 Å². The summed E-state index contributed by atoms with van der Waals surface area (Å²) in [6.07, 6.45) is 2.54. The van der Waals surface area contributed by atoms with Gasteiger partial charge in [0.25, 0.3) is 5.91 Å². The number of benzene rings is 2. The van der Waals surface area contributed by atoms with Gasteiger partial charge in [0.1, 0.15) is 6.54 Å². The lowest BCUT2D eigenvalue weighted by molar-refractivity contribution is -0.120. The summed E-state index contributed by atoms with van der Waals surface area (Å²) in [6.45, 7) is -0.0608. The number of nitrogens with one attached hydrogen (secondary N) is 2. The van der Waals surface area contributed by atoms with Crippen LogP contribution in [0.15, 0.2) is 36.4 Å². The Bertz CT molecular complexity index is 1430. The fourth-order valence-electron chi connectivity index (χ4n) is 6.93. The first-order valence-corrected chi connectivity index (χ1v) is 15.9. The zero-order chi connectivity index (χ0) is 29.0. The summed E-state index contributed by atoms with van der Waals surface area (Å²) in [5.41, 5.74) is 3.47. The van der Waals surface area contributed by atoms with Gasteiger partial charge in [0.2, 0.25) is 10.0 Å². The van der Waals surface area contributed by atoms with Crippen LogP contribution in [-0.4, -0.2) is 63.6 Å². The van der Waals surface area contributed by atoms with Gasteiger partial charge in [-0.15, -0.1) is 0 Å². The molecular weight excluding hydrogens is 557 g/mol. The van der Waals surface area contributed by atoms with Crippen molar-refractivity contribution in [2.75, 3.05) is 51.8 Å². The van der Waals surface area contributed by atoms with E-state index in [1.54, 1.807) is 24.3 Å². The summed E-state index contributed by atoms with van der Waals surface area (Å²) in [5, 5.41) is 12.0. The Morgan fingerprint density at radius 1 is 1.00 bits per heavy atom. The van der Waals surface area contributed by atoms with Crippen LogP contribution in [0, 0.1) is 5.41 Å². The minimum Gasteiger partial charge on any atom is -0.395 e. The van der Waals surface area contributed by atoms with Crippen LogP contribution in [0.3, 0.4) is 0 Å². The van der Waals surface area contributed by atoms with E-state index in [0.717, 1.165) is 44.3 Å². The third kappa shape index (κ3) is 5.86. The van der Waals surface area contributed by atoms with Crippen molar-refractivity contribution in [2.24, 2.45) is 5.41 Å². The van der Waals surface area contributed by atoms with Gasteiger partial charge in [0, 0.05) is 36.4 Å². The molecule has 2 atom stereocenters. The van der Waals surface area contributed by atoms with E-state index in [-0.39, 0.29) is 12.0 Å². The van der Waals surface area contributed by atoms with Crippen molar-refractivity contribution in [2.45, 2.75) is 63.1 Å². The number of sulfonamides is 1. The Hall–Kier alpha value is -2.99. The van der Waals surface area contributed by atoms with Crippen LogP contribution in [0.5, 0.6) is 0 Å². The molecule has 3 fully saturated rings. The zero-order valence-electron chi connectivity index (χ0n) is 22.7. The number of aliphatic hydroxyl groups is 1. The van der Waals surface area contributed by atoms with Crippen LogP contribution in [-0.2, 0) is 10.0 Å². The normalized spacial score (nSPS) is 22.9. The molecular formula is C29H35F3N4O4S. The van der Waals surface area contributed by atoms with Crippen molar-refractivity contribution >= 4 is 38.7 Å². The van der Waals surface area contributed by atoms with Crippen LogP contribution in [0.4, 0.5) is 35.9 Å². The van der Waals surface area contributed by atoms with Gasteiger partial charge in [-0.05, 0) is 79.8 Å². The zero-order valence-corrected chi connectivity index (χ0v) is 23.5. The molecule has 2 aliphatic heterocycles. The first-order valence-electron chi connectivity index (χ1n) is 14.2. The predicted molar refractivity (Wildman–Crippen MR) is 152 cm³/mol. The number of aliphatic hydroxyl groups excluding tert-OH is 1. The van der Waals surface area contributed by atoms with Crippen molar-refractivity contribution in [3.63, 3.8) is 0 Å². The lowest BCUT2D eigenvalue weighted by atomic mass is 9.93. The summed E-state index contributed by atoms with van der Waals surface area (Å²) < 4.78 is 67.4. The average molecular weight is 593 g/mol. The molecule has 12 heteroatoms. The standard InChI is InChI=1S/C29H35F3N4O4S/c30-29(31,32)18-36-24-3-1-2-21(24)22-6-4-19(16-26(22)36)33-27(38)23-7-5-20(34-41(39,40)15-14-37)17-25(23)35-12-10-28(8-9-28)11-13-35/h4-7,16-17,21,24,34,37H,1-3,8-15,18H2,(H,33,38). The molecule has 0 radical (unpaired) electrons. The number of fused-ring (bicyclic) bond motifs is 3. The van der Waals surface area contributed by atoms with Gasteiger partial charge in [-0.2, -0.15) is 13.2 Å². The number of hydrogen-bond donors (Lipinski definition) is 3. The average Bonchev–Trinajstić information content (AvgIpc) is 3.36. The molecule has 6 rings (SSSR count). The van der Waals surface area contributed by atoms with E-state index >= 15 is 0 Å². The van der Waals surface area contributed by atoms with Crippen LogP contribution >= 0.6 is 0 Å². The Kier molecular flexibility index (Phi) is 7.12. The maximum atomic E-state index is 13.6. The van der Waals surface area contributed by atoms with E-state index in [0.29, 0.717) is 40.1 Å². The molecule has 0 bridgehead atoms.